The number of hydrogen-bond acceptors (Lipinski definition) is 4. The molecule has 0 radical (unpaired) electrons. The van der Waals surface area contributed by atoms with Crippen molar-refractivity contribution in [2.75, 3.05) is 0 Å². The molecule has 1 heterocycles. The summed E-state index contributed by atoms with van der Waals surface area (Å²) >= 11 is 7.52. The van der Waals surface area contributed by atoms with Crippen molar-refractivity contribution in [3.8, 4) is 0 Å². The van der Waals surface area contributed by atoms with Gasteiger partial charge >= 0.3 is 0 Å². The van der Waals surface area contributed by atoms with Crippen molar-refractivity contribution in [3.63, 3.8) is 0 Å². The molecule has 2 rings (SSSR count). The molecular formula is C11H11ClN4OS. The summed E-state index contributed by atoms with van der Waals surface area (Å²) in [6.07, 6.45) is 3.61. The number of rotatable bonds is 3. The monoisotopic (exact) mass is 282 g/mol. The fraction of sp³-hybridized carbons (Fsp3) is 0.0909. The van der Waals surface area contributed by atoms with E-state index < -0.39 is 0 Å². The van der Waals surface area contributed by atoms with Crippen molar-refractivity contribution in [2.45, 2.75) is 9.79 Å². The van der Waals surface area contributed by atoms with Crippen LogP contribution in [0.3, 0.4) is 0 Å². The minimum atomic E-state index is -0.00742. The van der Waals surface area contributed by atoms with Crippen LogP contribution in [0.25, 0.3) is 0 Å². The number of hydrogen-bond donors (Lipinski definition) is 2. The first kappa shape index (κ1) is 12.8. The summed E-state index contributed by atoms with van der Waals surface area (Å²) < 4.78 is 1.70. The second-order valence-electron chi connectivity index (χ2n) is 3.55. The maximum atomic E-state index is 8.79. The van der Waals surface area contributed by atoms with Crippen molar-refractivity contribution >= 4 is 29.2 Å². The number of oxime groups is 1. The Morgan fingerprint density at radius 3 is 2.94 bits per heavy atom. The lowest BCUT2D eigenvalue weighted by atomic mass is 10.2. The Morgan fingerprint density at radius 1 is 1.56 bits per heavy atom. The van der Waals surface area contributed by atoms with E-state index in [1.807, 2.05) is 25.4 Å². The summed E-state index contributed by atoms with van der Waals surface area (Å²) in [6, 6.07) is 5.37. The highest BCUT2D eigenvalue weighted by molar-refractivity contribution is 7.99. The van der Waals surface area contributed by atoms with Crippen molar-refractivity contribution in [3.05, 3.63) is 41.2 Å². The lowest BCUT2D eigenvalue weighted by Crippen LogP contribution is -2.14. The Bertz CT molecular complexity index is 596. The topological polar surface area (TPSA) is 76.4 Å². The van der Waals surface area contributed by atoms with Crippen molar-refractivity contribution in [1.82, 2.24) is 9.78 Å². The van der Waals surface area contributed by atoms with Crippen LogP contribution in [0.5, 0.6) is 0 Å². The second-order valence-corrected chi connectivity index (χ2v) is 5.07. The van der Waals surface area contributed by atoms with Gasteiger partial charge in [0.15, 0.2) is 5.84 Å². The molecule has 3 N–H and O–H groups in total. The molecule has 0 unspecified atom stereocenters. The first-order chi connectivity index (χ1) is 8.61. The van der Waals surface area contributed by atoms with Gasteiger partial charge in [-0.1, -0.05) is 34.6 Å². The van der Waals surface area contributed by atoms with Crippen molar-refractivity contribution in [2.24, 2.45) is 17.9 Å². The van der Waals surface area contributed by atoms with Crippen LogP contribution in [0, 0.1) is 0 Å². The summed E-state index contributed by atoms with van der Waals surface area (Å²) in [7, 11) is 1.84. The van der Waals surface area contributed by atoms with Crippen LogP contribution in [0.2, 0.25) is 5.02 Å². The zero-order valence-corrected chi connectivity index (χ0v) is 11.1. The van der Waals surface area contributed by atoms with Gasteiger partial charge in [0.1, 0.15) is 0 Å². The molecule has 0 aliphatic heterocycles. The van der Waals surface area contributed by atoms with Crippen LogP contribution in [0.1, 0.15) is 5.56 Å². The molecule has 94 valence electrons. The van der Waals surface area contributed by atoms with Gasteiger partial charge in [-0.3, -0.25) is 4.68 Å². The normalized spacial score (nSPS) is 11.8. The van der Waals surface area contributed by atoms with E-state index in [4.69, 9.17) is 22.5 Å². The number of nitrogens with two attached hydrogens (primary N) is 1. The number of amidine groups is 1. The van der Waals surface area contributed by atoms with Crippen LogP contribution in [-0.2, 0) is 7.05 Å². The van der Waals surface area contributed by atoms with Gasteiger partial charge in [0.2, 0.25) is 0 Å². The molecule has 1 aromatic heterocycles. The lowest BCUT2D eigenvalue weighted by molar-refractivity contribution is 0.318. The molecule has 2 aromatic rings. The minimum absolute atomic E-state index is 0.00742. The Hall–Kier alpha value is -1.66. The Morgan fingerprint density at radius 2 is 2.33 bits per heavy atom. The summed E-state index contributed by atoms with van der Waals surface area (Å²) in [5.41, 5.74) is 6.16. The van der Waals surface area contributed by atoms with Crippen LogP contribution in [-0.4, -0.2) is 20.8 Å². The van der Waals surface area contributed by atoms with E-state index in [9.17, 15) is 0 Å². The van der Waals surface area contributed by atoms with Crippen molar-refractivity contribution < 1.29 is 5.21 Å². The number of halogens is 1. The summed E-state index contributed by atoms with van der Waals surface area (Å²) in [4.78, 5) is 1.76. The van der Waals surface area contributed by atoms with Gasteiger partial charge in [-0.2, -0.15) is 5.10 Å². The summed E-state index contributed by atoms with van der Waals surface area (Å²) in [5.74, 6) is -0.00742. The molecule has 0 saturated heterocycles. The van der Waals surface area contributed by atoms with E-state index in [1.165, 1.54) is 11.8 Å². The number of aryl methyl sites for hydroxylation is 1. The summed E-state index contributed by atoms with van der Waals surface area (Å²) in [5, 5.41) is 16.3. The number of nitrogens with zero attached hydrogens (tertiary/aromatic N) is 3. The molecule has 0 atom stereocenters. The smallest absolute Gasteiger partial charge is 0.172 e. The molecular weight excluding hydrogens is 272 g/mol. The molecule has 0 aliphatic rings. The largest absolute Gasteiger partial charge is 0.409 e. The van der Waals surface area contributed by atoms with Gasteiger partial charge < -0.3 is 10.9 Å². The molecule has 0 fully saturated rings. The fourth-order valence-corrected chi connectivity index (χ4v) is 2.82. The quantitative estimate of drug-likeness (QED) is 0.392. The molecule has 5 nitrogen and oxygen atoms in total. The molecule has 1 aromatic carbocycles. The van der Waals surface area contributed by atoms with Gasteiger partial charge in [-0.25, -0.2) is 0 Å². The predicted octanol–water partition coefficient (Wildman–Crippen LogP) is 2.32. The van der Waals surface area contributed by atoms with Crippen LogP contribution < -0.4 is 5.73 Å². The SMILES string of the molecule is Cn1cc(Sc2cccc(Cl)c2C(N)=NO)cn1. The highest BCUT2D eigenvalue weighted by atomic mass is 35.5. The molecule has 7 heteroatoms. The zero-order chi connectivity index (χ0) is 13.1. The van der Waals surface area contributed by atoms with E-state index in [0.717, 1.165) is 9.79 Å². The van der Waals surface area contributed by atoms with Gasteiger partial charge in [0, 0.05) is 18.1 Å². The zero-order valence-electron chi connectivity index (χ0n) is 9.54. The number of aromatic nitrogens is 2. The highest BCUT2D eigenvalue weighted by Crippen LogP contribution is 2.33. The first-order valence-corrected chi connectivity index (χ1v) is 6.24. The van der Waals surface area contributed by atoms with Gasteiger partial charge in [-0.05, 0) is 12.1 Å². The second kappa shape index (κ2) is 5.32. The molecule has 0 bridgehead atoms. The molecule has 0 spiro atoms. The third kappa shape index (κ3) is 2.60. The first-order valence-electron chi connectivity index (χ1n) is 5.04. The van der Waals surface area contributed by atoms with E-state index >= 15 is 0 Å². The fourth-order valence-electron chi connectivity index (χ4n) is 1.47. The molecule has 18 heavy (non-hydrogen) atoms. The average Bonchev–Trinajstić information content (AvgIpc) is 2.74. The Kier molecular flexibility index (Phi) is 3.78. The molecule has 0 aliphatic carbocycles. The van der Waals surface area contributed by atoms with Gasteiger partial charge in [0.25, 0.3) is 0 Å². The maximum absolute atomic E-state index is 8.79. The van der Waals surface area contributed by atoms with E-state index in [-0.39, 0.29) is 5.84 Å². The van der Waals surface area contributed by atoms with Crippen LogP contribution >= 0.6 is 23.4 Å². The van der Waals surface area contributed by atoms with Crippen molar-refractivity contribution in [1.29, 1.82) is 0 Å². The standard InChI is InChI=1S/C11H11ClN4OS/c1-16-6-7(5-14-16)18-9-4-2-3-8(12)10(9)11(13)15-17/h2-6,17H,1H3,(H2,13,15). The third-order valence-electron chi connectivity index (χ3n) is 2.25. The number of benzene rings is 1. The summed E-state index contributed by atoms with van der Waals surface area (Å²) in [6.45, 7) is 0. The van der Waals surface area contributed by atoms with E-state index in [2.05, 4.69) is 10.3 Å². The Balaban J connectivity index is 2.41. The third-order valence-corrected chi connectivity index (χ3v) is 3.57. The van der Waals surface area contributed by atoms with Crippen LogP contribution in [0.15, 0.2) is 45.5 Å². The molecule has 0 amide bonds. The van der Waals surface area contributed by atoms with E-state index in [1.54, 1.807) is 16.9 Å². The minimum Gasteiger partial charge on any atom is -0.409 e. The predicted molar refractivity (Wildman–Crippen MR) is 71.3 cm³/mol. The highest BCUT2D eigenvalue weighted by Gasteiger charge is 2.13. The van der Waals surface area contributed by atoms with Gasteiger partial charge in [-0.15, -0.1) is 0 Å². The molecule has 0 saturated carbocycles. The van der Waals surface area contributed by atoms with Crippen LogP contribution in [0.4, 0.5) is 0 Å². The van der Waals surface area contributed by atoms with E-state index in [0.29, 0.717) is 10.6 Å². The lowest BCUT2D eigenvalue weighted by Gasteiger charge is -2.08. The average molecular weight is 283 g/mol. The Labute approximate surface area is 113 Å². The maximum Gasteiger partial charge on any atom is 0.172 e. The van der Waals surface area contributed by atoms with Gasteiger partial charge in [0.05, 0.1) is 21.7 Å².